The maximum atomic E-state index is 14.9. The molecule has 5 fully saturated rings. The summed E-state index contributed by atoms with van der Waals surface area (Å²) in [5, 5.41) is 11.7. The Kier molecular flexibility index (Phi) is 8.66. The molecular weight excluding hydrogens is 573 g/mol. The normalized spacial score (nSPS) is 24.3. The fourth-order valence-corrected chi connectivity index (χ4v) is 7.75. The lowest BCUT2D eigenvalue weighted by Crippen LogP contribution is -2.56. The van der Waals surface area contributed by atoms with Crippen LogP contribution in [0.2, 0.25) is 0 Å². The number of piperidine rings is 2. The van der Waals surface area contributed by atoms with Crippen molar-refractivity contribution in [1.29, 1.82) is 0 Å². The number of H-pyrrole nitrogens is 1. The first-order valence-corrected chi connectivity index (χ1v) is 16.4. The van der Waals surface area contributed by atoms with E-state index in [0.717, 1.165) is 49.0 Å². The molecule has 1 aliphatic carbocycles. The number of nitrogens with zero attached hydrogens (tertiary/aromatic N) is 5. The number of fused-ring (bicyclic) bond motifs is 4. The van der Waals surface area contributed by atoms with Gasteiger partial charge in [-0.25, -0.2) is 9.49 Å². The van der Waals surface area contributed by atoms with Crippen LogP contribution in [0.3, 0.4) is 0 Å². The van der Waals surface area contributed by atoms with Crippen molar-refractivity contribution in [2.75, 3.05) is 72.0 Å². The number of hydrogen-bond acceptors (Lipinski definition) is 7. The summed E-state index contributed by atoms with van der Waals surface area (Å²) in [6.45, 7) is 8.22. The van der Waals surface area contributed by atoms with Gasteiger partial charge in [-0.05, 0) is 61.4 Å². The van der Waals surface area contributed by atoms with Gasteiger partial charge in [0.2, 0.25) is 5.91 Å². The minimum absolute atomic E-state index is 0.0104. The first-order valence-electron chi connectivity index (χ1n) is 16.4. The fraction of sp³-hybridized carbons (Fsp3) is 0.529. The molecule has 5 heterocycles. The van der Waals surface area contributed by atoms with Crippen LogP contribution in [-0.2, 0) is 11.2 Å². The molecule has 0 spiro atoms. The molecular formula is C34H42FN7O3. The molecule has 8 rings (SSSR count). The van der Waals surface area contributed by atoms with Crippen molar-refractivity contribution < 1.29 is 14.0 Å². The Morgan fingerprint density at radius 1 is 0.889 bits per heavy atom. The van der Waals surface area contributed by atoms with Gasteiger partial charge in [-0.1, -0.05) is 24.3 Å². The number of amides is 2. The monoisotopic (exact) mass is 615 g/mol. The standard InChI is InChI=1S/C34H42FN7O3/c35-30-8-5-23(18-31-27-3-1-2-4-28(27)33(44)38-37-31)17-29(30)34(45)42-15-13-41(14-16-42)32(43)22-40-11-9-39(10-12-40)21-25-19-26-7-6-24(25)20-36-26/h1-5,8,17,24-26,36H,6-7,9-16,18-22H2,(H,38,44)/t24-,25+,26-/m0/s1. The highest BCUT2D eigenvalue weighted by Crippen LogP contribution is 2.35. The van der Waals surface area contributed by atoms with Crippen LogP contribution in [0.25, 0.3) is 10.8 Å². The van der Waals surface area contributed by atoms with Crippen LogP contribution in [-0.4, -0.2) is 120 Å². The lowest BCUT2D eigenvalue weighted by molar-refractivity contribution is -0.134. The highest BCUT2D eigenvalue weighted by Gasteiger charge is 2.36. The zero-order valence-corrected chi connectivity index (χ0v) is 25.7. The van der Waals surface area contributed by atoms with Gasteiger partial charge >= 0.3 is 0 Å². The van der Waals surface area contributed by atoms with Crippen molar-refractivity contribution >= 4 is 22.6 Å². The smallest absolute Gasteiger partial charge is 0.272 e. The van der Waals surface area contributed by atoms with Gasteiger partial charge in [0.1, 0.15) is 5.82 Å². The fourth-order valence-electron chi connectivity index (χ4n) is 7.75. The Bertz CT molecular complexity index is 1600. The average Bonchev–Trinajstić information content (AvgIpc) is 3.08. The number of benzene rings is 2. The predicted molar refractivity (Wildman–Crippen MR) is 170 cm³/mol. The highest BCUT2D eigenvalue weighted by molar-refractivity contribution is 5.95. The van der Waals surface area contributed by atoms with Crippen LogP contribution in [0.1, 0.15) is 40.9 Å². The summed E-state index contributed by atoms with van der Waals surface area (Å²) in [6.07, 6.45) is 4.35. The second-order valence-electron chi connectivity index (χ2n) is 13.2. The van der Waals surface area contributed by atoms with E-state index in [1.165, 1.54) is 38.4 Å². The maximum Gasteiger partial charge on any atom is 0.272 e. The third-order valence-corrected chi connectivity index (χ3v) is 10.5. The molecule has 3 aromatic rings. The molecule has 3 atom stereocenters. The van der Waals surface area contributed by atoms with E-state index in [2.05, 4.69) is 25.3 Å². The van der Waals surface area contributed by atoms with Gasteiger partial charge in [-0.2, -0.15) is 5.10 Å². The van der Waals surface area contributed by atoms with E-state index in [1.54, 1.807) is 29.2 Å². The van der Waals surface area contributed by atoms with E-state index in [-0.39, 0.29) is 22.9 Å². The number of piperazine rings is 2. The molecule has 4 saturated heterocycles. The Morgan fingerprint density at radius 2 is 1.62 bits per heavy atom. The summed E-state index contributed by atoms with van der Waals surface area (Å²) in [7, 11) is 0. The first kappa shape index (κ1) is 30.0. The largest absolute Gasteiger partial charge is 0.338 e. The van der Waals surface area contributed by atoms with E-state index in [0.29, 0.717) is 56.3 Å². The van der Waals surface area contributed by atoms with E-state index in [4.69, 9.17) is 0 Å². The van der Waals surface area contributed by atoms with E-state index < -0.39 is 5.82 Å². The minimum Gasteiger partial charge on any atom is -0.338 e. The summed E-state index contributed by atoms with van der Waals surface area (Å²) >= 11 is 0. The summed E-state index contributed by atoms with van der Waals surface area (Å²) < 4.78 is 14.9. The number of halogens is 1. The average molecular weight is 616 g/mol. The Balaban J connectivity index is 0.899. The minimum atomic E-state index is -0.576. The summed E-state index contributed by atoms with van der Waals surface area (Å²) in [4.78, 5) is 47.0. The molecule has 2 aromatic carbocycles. The molecule has 5 aliphatic rings. The van der Waals surface area contributed by atoms with Crippen molar-refractivity contribution in [1.82, 2.24) is 35.1 Å². The Hall–Kier alpha value is -3.67. The lowest BCUT2D eigenvalue weighted by Gasteiger charge is -2.46. The van der Waals surface area contributed by atoms with Gasteiger partial charge in [-0.15, -0.1) is 0 Å². The van der Waals surface area contributed by atoms with Crippen molar-refractivity contribution in [2.45, 2.75) is 31.7 Å². The van der Waals surface area contributed by atoms with Crippen molar-refractivity contribution in [3.8, 4) is 0 Å². The van der Waals surface area contributed by atoms with Crippen LogP contribution in [0.4, 0.5) is 4.39 Å². The molecule has 10 nitrogen and oxygen atoms in total. The number of hydrogen-bond donors (Lipinski definition) is 2. The van der Waals surface area contributed by atoms with Gasteiger partial charge in [-0.3, -0.25) is 19.3 Å². The van der Waals surface area contributed by atoms with Gasteiger partial charge < -0.3 is 20.0 Å². The van der Waals surface area contributed by atoms with Crippen molar-refractivity contribution in [3.05, 3.63) is 75.5 Å². The molecule has 1 aromatic heterocycles. The molecule has 2 amide bonds. The molecule has 238 valence electrons. The quantitative estimate of drug-likeness (QED) is 0.419. The number of nitrogens with one attached hydrogen (secondary N) is 2. The summed E-state index contributed by atoms with van der Waals surface area (Å²) in [5.41, 5.74) is 1.12. The number of carbonyl (C=O) groups is 2. The van der Waals surface area contributed by atoms with E-state index in [1.807, 2.05) is 17.0 Å². The van der Waals surface area contributed by atoms with Gasteiger partial charge in [0, 0.05) is 76.8 Å². The first-order chi connectivity index (χ1) is 21.9. The van der Waals surface area contributed by atoms with Crippen LogP contribution in [0.15, 0.2) is 47.3 Å². The van der Waals surface area contributed by atoms with Gasteiger partial charge in [0.15, 0.2) is 0 Å². The van der Waals surface area contributed by atoms with Crippen LogP contribution in [0, 0.1) is 17.7 Å². The lowest BCUT2D eigenvalue weighted by atomic mass is 9.73. The van der Waals surface area contributed by atoms with Gasteiger partial charge in [0.05, 0.1) is 23.2 Å². The second kappa shape index (κ2) is 13.0. The molecule has 2 N–H and O–H groups in total. The number of rotatable bonds is 7. The number of aromatic nitrogens is 2. The molecule has 0 radical (unpaired) electrons. The molecule has 4 aliphatic heterocycles. The highest BCUT2D eigenvalue weighted by atomic mass is 19.1. The van der Waals surface area contributed by atoms with Crippen molar-refractivity contribution in [3.63, 3.8) is 0 Å². The van der Waals surface area contributed by atoms with Crippen LogP contribution in [0.5, 0.6) is 0 Å². The molecule has 2 bridgehead atoms. The molecule has 11 heteroatoms. The predicted octanol–water partition coefficient (Wildman–Crippen LogP) is 1.94. The topological polar surface area (TPSA) is 105 Å². The Morgan fingerprint density at radius 3 is 2.33 bits per heavy atom. The van der Waals surface area contributed by atoms with Crippen molar-refractivity contribution in [2.24, 2.45) is 11.8 Å². The van der Waals surface area contributed by atoms with Crippen LogP contribution < -0.4 is 10.9 Å². The molecule has 1 saturated carbocycles. The van der Waals surface area contributed by atoms with Gasteiger partial charge in [0.25, 0.3) is 11.5 Å². The van der Waals surface area contributed by atoms with E-state index >= 15 is 0 Å². The molecule has 45 heavy (non-hydrogen) atoms. The molecule has 0 unspecified atom stereocenters. The maximum absolute atomic E-state index is 14.9. The second-order valence-corrected chi connectivity index (χ2v) is 13.2. The third-order valence-electron chi connectivity index (χ3n) is 10.5. The summed E-state index contributed by atoms with van der Waals surface area (Å²) in [6, 6.07) is 12.5. The Labute approximate surface area is 262 Å². The summed E-state index contributed by atoms with van der Waals surface area (Å²) in [5.74, 6) is 0.772. The SMILES string of the molecule is O=C(CN1CCN(C[C@H]2C[C@@H]3CC[C@H]2CN3)CC1)N1CCN(C(=O)c2cc(Cc3n[nH]c(=O)c4ccccc34)ccc2F)CC1. The zero-order valence-electron chi connectivity index (χ0n) is 25.7. The van der Waals surface area contributed by atoms with E-state index in [9.17, 15) is 18.8 Å². The number of aromatic amines is 1. The zero-order chi connectivity index (χ0) is 30.9. The number of carbonyl (C=O) groups excluding carboxylic acids is 2. The van der Waals surface area contributed by atoms with Crippen LogP contribution >= 0.6 is 0 Å². The third kappa shape index (κ3) is 6.52.